The van der Waals surface area contributed by atoms with Gasteiger partial charge in [-0.2, -0.15) is 0 Å². The molecule has 3 unspecified atom stereocenters. The van der Waals surface area contributed by atoms with Crippen LogP contribution in [0.15, 0.2) is 0 Å². The average molecular weight is 286 g/mol. The van der Waals surface area contributed by atoms with Crippen LogP contribution in [0, 0.1) is 5.92 Å². The van der Waals surface area contributed by atoms with Crippen LogP contribution in [-0.4, -0.2) is 59.8 Å². The zero-order valence-electron chi connectivity index (χ0n) is 12.8. The summed E-state index contributed by atoms with van der Waals surface area (Å²) in [6, 6.07) is -0.671. The van der Waals surface area contributed by atoms with E-state index in [2.05, 4.69) is 5.32 Å². The molecule has 0 radical (unpaired) electrons. The summed E-state index contributed by atoms with van der Waals surface area (Å²) in [6.45, 7) is 8.97. The van der Waals surface area contributed by atoms with Gasteiger partial charge in [0, 0.05) is 13.1 Å². The van der Waals surface area contributed by atoms with Crippen LogP contribution in [0.2, 0.25) is 0 Å². The Morgan fingerprint density at radius 2 is 1.85 bits per heavy atom. The summed E-state index contributed by atoms with van der Waals surface area (Å²) >= 11 is 0. The molecule has 1 amide bonds. The van der Waals surface area contributed by atoms with Crippen LogP contribution in [0.4, 0.5) is 0 Å². The van der Waals surface area contributed by atoms with Crippen LogP contribution in [0.25, 0.3) is 0 Å². The predicted molar refractivity (Wildman–Crippen MR) is 75.5 cm³/mol. The maximum atomic E-state index is 12.1. The molecule has 3 atom stereocenters. The summed E-state index contributed by atoms with van der Waals surface area (Å²) in [5.41, 5.74) is 0. The topological polar surface area (TPSA) is 78.9 Å². The normalized spacial score (nSPS) is 24.8. The molecule has 0 bridgehead atoms. The van der Waals surface area contributed by atoms with E-state index in [0.29, 0.717) is 19.5 Å². The molecule has 1 aliphatic rings. The number of carboxylic acids is 1. The van der Waals surface area contributed by atoms with Crippen LogP contribution in [-0.2, 0) is 14.3 Å². The van der Waals surface area contributed by atoms with Crippen molar-refractivity contribution >= 4 is 11.9 Å². The first-order chi connectivity index (χ1) is 9.29. The Morgan fingerprint density at radius 3 is 2.30 bits per heavy atom. The van der Waals surface area contributed by atoms with E-state index in [9.17, 15) is 9.59 Å². The van der Waals surface area contributed by atoms with Gasteiger partial charge in [0.15, 0.2) is 0 Å². The monoisotopic (exact) mass is 286 g/mol. The quantitative estimate of drug-likeness (QED) is 0.752. The highest BCUT2D eigenvalue weighted by Crippen LogP contribution is 2.11. The number of nitrogens with zero attached hydrogens (tertiary/aromatic N) is 1. The molecule has 1 fully saturated rings. The van der Waals surface area contributed by atoms with E-state index in [4.69, 9.17) is 9.84 Å². The maximum Gasteiger partial charge on any atom is 0.320 e. The first kappa shape index (κ1) is 16.9. The summed E-state index contributed by atoms with van der Waals surface area (Å²) < 4.78 is 5.57. The van der Waals surface area contributed by atoms with E-state index in [0.717, 1.165) is 0 Å². The van der Waals surface area contributed by atoms with Crippen LogP contribution in [0.5, 0.6) is 0 Å². The molecule has 0 aromatic carbocycles. The van der Waals surface area contributed by atoms with E-state index < -0.39 is 12.0 Å². The fourth-order valence-electron chi connectivity index (χ4n) is 2.45. The number of nitrogens with one attached hydrogen (secondary N) is 1. The molecule has 6 nitrogen and oxygen atoms in total. The lowest BCUT2D eigenvalue weighted by Gasteiger charge is -2.35. The second-order valence-corrected chi connectivity index (χ2v) is 5.96. The summed E-state index contributed by atoms with van der Waals surface area (Å²) in [5.74, 6) is -0.709. The molecule has 1 saturated heterocycles. The molecule has 6 heteroatoms. The van der Waals surface area contributed by atoms with Gasteiger partial charge in [-0.1, -0.05) is 13.8 Å². The van der Waals surface area contributed by atoms with Gasteiger partial charge in [0.1, 0.15) is 6.04 Å². The van der Waals surface area contributed by atoms with E-state index in [-0.39, 0.29) is 30.6 Å². The minimum Gasteiger partial charge on any atom is -0.480 e. The highest BCUT2D eigenvalue weighted by atomic mass is 16.5. The second kappa shape index (κ2) is 7.59. The van der Waals surface area contributed by atoms with Gasteiger partial charge in [-0.25, -0.2) is 0 Å². The summed E-state index contributed by atoms with van der Waals surface area (Å²) in [4.78, 5) is 25.0. The Morgan fingerprint density at radius 1 is 1.30 bits per heavy atom. The second-order valence-electron chi connectivity index (χ2n) is 5.96. The third-order valence-electron chi connectivity index (χ3n) is 3.28. The first-order valence-corrected chi connectivity index (χ1v) is 7.19. The van der Waals surface area contributed by atoms with Gasteiger partial charge in [0.2, 0.25) is 5.91 Å². The first-order valence-electron chi connectivity index (χ1n) is 7.19. The maximum absolute atomic E-state index is 12.1. The minimum absolute atomic E-state index is 0.0219. The molecule has 116 valence electrons. The van der Waals surface area contributed by atoms with Crippen molar-refractivity contribution in [2.75, 3.05) is 19.6 Å². The number of carboxylic acid groups (broad SMARTS) is 1. The van der Waals surface area contributed by atoms with Crippen molar-refractivity contribution in [3.63, 3.8) is 0 Å². The molecule has 1 rings (SSSR count). The van der Waals surface area contributed by atoms with Crippen LogP contribution >= 0.6 is 0 Å². The van der Waals surface area contributed by atoms with Gasteiger partial charge in [-0.05, 0) is 26.2 Å². The molecular weight excluding hydrogens is 260 g/mol. The average Bonchev–Trinajstić information content (AvgIpc) is 2.32. The van der Waals surface area contributed by atoms with Gasteiger partial charge in [-0.3, -0.25) is 14.9 Å². The van der Waals surface area contributed by atoms with Crippen molar-refractivity contribution in [2.24, 2.45) is 5.92 Å². The van der Waals surface area contributed by atoms with Gasteiger partial charge >= 0.3 is 5.97 Å². The number of hydrogen-bond donors (Lipinski definition) is 2. The molecule has 20 heavy (non-hydrogen) atoms. The number of carbonyl (C=O) groups is 2. The summed E-state index contributed by atoms with van der Waals surface area (Å²) in [7, 11) is 0. The standard InChI is InChI=1S/C14H26N2O4/c1-9(2)5-12(14(18)19)15-6-13(17)16-7-10(3)20-11(4)8-16/h9-12,15H,5-8H2,1-4H3,(H,18,19). The lowest BCUT2D eigenvalue weighted by Crippen LogP contribution is -2.52. The fraction of sp³-hybridized carbons (Fsp3) is 0.857. The Balaban J connectivity index is 2.46. The predicted octanol–water partition coefficient (Wildman–Crippen LogP) is 0.711. The number of aliphatic carboxylic acids is 1. The molecule has 2 N–H and O–H groups in total. The number of rotatable bonds is 6. The van der Waals surface area contributed by atoms with Gasteiger partial charge in [-0.15, -0.1) is 0 Å². The van der Waals surface area contributed by atoms with Gasteiger partial charge in [0.25, 0.3) is 0 Å². The Bertz CT molecular complexity index is 336. The van der Waals surface area contributed by atoms with Crippen molar-refractivity contribution in [3.05, 3.63) is 0 Å². The number of carbonyl (C=O) groups excluding carboxylic acids is 1. The van der Waals surface area contributed by atoms with E-state index in [1.54, 1.807) is 4.90 Å². The lowest BCUT2D eigenvalue weighted by atomic mass is 10.0. The van der Waals surface area contributed by atoms with E-state index in [1.807, 2.05) is 27.7 Å². The highest BCUT2D eigenvalue weighted by molar-refractivity contribution is 5.80. The van der Waals surface area contributed by atoms with Crippen molar-refractivity contribution in [1.29, 1.82) is 0 Å². The van der Waals surface area contributed by atoms with Crippen molar-refractivity contribution in [1.82, 2.24) is 10.2 Å². The van der Waals surface area contributed by atoms with E-state index >= 15 is 0 Å². The molecule has 0 aliphatic carbocycles. The number of ether oxygens (including phenoxy) is 1. The highest BCUT2D eigenvalue weighted by Gasteiger charge is 2.27. The molecule has 1 aliphatic heterocycles. The third kappa shape index (κ3) is 5.46. The Kier molecular flexibility index (Phi) is 6.42. The lowest BCUT2D eigenvalue weighted by molar-refractivity contribution is -0.143. The Labute approximate surface area is 120 Å². The molecule has 0 aromatic rings. The molecular formula is C14H26N2O4. The van der Waals surface area contributed by atoms with Crippen molar-refractivity contribution < 1.29 is 19.4 Å². The van der Waals surface area contributed by atoms with Crippen LogP contribution in [0.3, 0.4) is 0 Å². The van der Waals surface area contributed by atoms with Crippen molar-refractivity contribution in [2.45, 2.75) is 52.4 Å². The summed E-state index contributed by atoms with van der Waals surface area (Å²) in [6.07, 6.45) is 0.556. The van der Waals surface area contributed by atoms with Crippen LogP contribution in [0.1, 0.15) is 34.1 Å². The summed E-state index contributed by atoms with van der Waals surface area (Å²) in [5, 5.41) is 12.0. The largest absolute Gasteiger partial charge is 0.480 e. The zero-order chi connectivity index (χ0) is 15.3. The number of hydrogen-bond acceptors (Lipinski definition) is 4. The SMILES string of the molecule is CC(C)CC(NCC(=O)N1CC(C)OC(C)C1)C(=O)O. The Hall–Kier alpha value is -1.14. The third-order valence-corrected chi connectivity index (χ3v) is 3.28. The van der Waals surface area contributed by atoms with Crippen molar-refractivity contribution in [3.8, 4) is 0 Å². The molecule has 0 saturated carbocycles. The zero-order valence-corrected chi connectivity index (χ0v) is 12.8. The van der Waals surface area contributed by atoms with Gasteiger partial charge in [0.05, 0.1) is 18.8 Å². The molecule has 0 spiro atoms. The smallest absolute Gasteiger partial charge is 0.320 e. The molecule has 1 heterocycles. The number of morpholine rings is 1. The number of amides is 1. The van der Waals surface area contributed by atoms with E-state index in [1.165, 1.54) is 0 Å². The van der Waals surface area contributed by atoms with Crippen LogP contribution < -0.4 is 5.32 Å². The minimum atomic E-state index is -0.907. The fourth-order valence-corrected chi connectivity index (χ4v) is 2.45. The molecule has 0 aromatic heterocycles. The van der Waals surface area contributed by atoms with Gasteiger partial charge < -0.3 is 14.7 Å².